The Morgan fingerprint density at radius 1 is 1.58 bits per heavy atom. The lowest BCUT2D eigenvalue weighted by Gasteiger charge is -2.46. The van der Waals surface area contributed by atoms with Gasteiger partial charge in [-0.2, -0.15) is 4.98 Å². The predicted molar refractivity (Wildman–Crippen MR) is 66.8 cm³/mol. The minimum atomic E-state index is -2.54. The minimum Gasteiger partial charge on any atom is -0.371 e. The molecule has 0 bridgehead atoms. The number of anilines is 2. The van der Waals surface area contributed by atoms with E-state index in [4.69, 9.17) is 11.6 Å². The van der Waals surface area contributed by atoms with Crippen molar-refractivity contribution in [2.75, 3.05) is 23.4 Å². The molecule has 0 radical (unpaired) electrons. The first-order valence-corrected chi connectivity index (χ1v) is 6.33. The maximum Gasteiger partial charge on any atom is 0.255 e. The molecule has 1 N–H and O–H groups in total. The van der Waals surface area contributed by atoms with Crippen molar-refractivity contribution >= 4 is 23.1 Å². The molecular weight excluding hydrogens is 278 g/mol. The van der Waals surface area contributed by atoms with Crippen LogP contribution in [-0.4, -0.2) is 46.9 Å². The molecule has 19 heavy (non-hydrogen) atoms. The highest BCUT2D eigenvalue weighted by molar-refractivity contribution is 6.28. The summed E-state index contributed by atoms with van der Waals surface area (Å²) < 4.78 is 25.4. The lowest BCUT2D eigenvalue weighted by Crippen LogP contribution is -2.58. The van der Waals surface area contributed by atoms with E-state index in [1.54, 1.807) is 7.05 Å². The molecule has 1 saturated carbocycles. The monoisotopic (exact) mass is 290 g/mol. The van der Waals surface area contributed by atoms with Crippen LogP contribution in [0.15, 0.2) is 6.20 Å². The first-order valence-electron chi connectivity index (χ1n) is 5.95. The molecule has 8 heteroatoms. The van der Waals surface area contributed by atoms with Gasteiger partial charge in [-0.25, -0.2) is 13.8 Å². The number of hydrogen-bond donors (Lipinski definition) is 1. The quantitative estimate of drug-likeness (QED) is 0.837. The second-order valence-corrected chi connectivity index (χ2v) is 5.27. The van der Waals surface area contributed by atoms with Crippen LogP contribution in [0.4, 0.5) is 20.3 Å². The van der Waals surface area contributed by atoms with Gasteiger partial charge in [-0.05, 0) is 24.4 Å². The Morgan fingerprint density at radius 2 is 2.26 bits per heavy atom. The maximum absolute atomic E-state index is 12.7. The summed E-state index contributed by atoms with van der Waals surface area (Å²) in [7, 11) is 1.79. The zero-order chi connectivity index (χ0) is 13.8. The molecule has 1 aliphatic carbocycles. The van der Waals surface area contributed by atoms with Crippen LogP contribution in [0.5, 0.6) is 0 Å². The Kier molecular flexibility index (Phi) is 2.79. The molecule has 1 unspecified atom stereocenters. The van der Waals surface area contributed by atoms with Gasteiger partial charge < -0.3 is 14.9 Å². The van der Waals surface area contributed by atoms with Crippen LogP contribution >= 0.6 is 11.6 Å². The molecule has 1 aromatic heterocycles. The van der Waals surface area contributed by atoms with E-state index in [0.717, 1.165) is 12.8 Å². The van der Waals surface area contributed by atoms with Crippen LogP contribution in [-0.2, 0) is 0 Å². The number of halogens is 3. The largest absolute Gasteiger partial charge is 0.371 e. The van der Waals surface area contributed by atoms with Crippen molar-refractivity contribution in [3.8, 4) is 0 Å². The Hall–Kier alpha value is -1.21. The Morgan fingerprint density at radius 3 is 2.84 bits per heavy atom. The fraction of sp³-hybridized carbons (Fsp3) is 0.636. The number of aliphatic hydroxyl groups excluding tert-OH is 1. The van der Waals surface area contributed by atoms with Crippen molar-refractivity contribution in [2.24, 2.45) is 0 Å². The zero-order valence-electron chi connectivity index (χ0n) is 10.2. The van der Waals surface area contributed by atoms with Crippen molar-refractivity contribution in [1.82, 2.24) is 9.97 Å². The van der Waals surface area contributed by atoms with Crippen molar-refractivity contribution in [2.45, 2.75) is 31.0 Å². The fourth-order valence-electron chi connectivity index (χ4n) is 2.67. The van der Waals surface area contributed by atoms with E-state index in [-0.39, 0.29) is 5.28 Å². The first-order chi connectivity index (χ1) is 8.95. The highest BCUT2D eigenvalue weighted by Crippen LogP contribution is 2.52. The minimum absolute atomic E-state index is 0.0646. The van der Waals surface area contributed by atoms with Crippen LogP contribution < -0.4 is 9.80 Å². The molecule has 0 saturated heterocycles. The van der Waals surface area contributed by atoms with Gasteiger partial charge in [-0.15, -0.1) is 0 Å². The van der Waals surface area contributed by atoms with Crippen molar-refractivity contribution < 1.29 is 13.9 Å². The Labute approximate surface area is 113 Å². The lowest BCUT2D eigenvalue weighted by atomic mass is 10.1. The number of alkyl halides is 2. The number of hydrogen-bond acceptors (Lipinski definition) is 5. The summed E-state index contributed by atoms with van der Waals surface area (Å²) in [6, 6.07) is 0. The number of rotatable bonds is 2. The van der Waals surface area contributed by atoms with Gasteiger partial charge in [-0.3, -0.25) is 0 Å². The van der Waals surface area contributed by atoms with Gasteiger partial charge in [0.1, 0.15) is 5.69 Å². The fourth-order valence-corrected chi connectivity index (χ4v) is 2.80. The molecule has 2 aliphatic rings. The van der Waals surface area contributed by atoms with E-state index >= 15 is 0 Å². The highest BCUT2D eigenvalue weighted by Gasteiger charge is 2.58. The van der Waals surface area contributed by atoms with Gasteiger partial charge in [0.2, 0.25) is 5.28 Å². The average Bonchev–Trinajstić information content (AvgIpc) is 3.14. The summed E-state index contributed by atoms with van der Waals surface area (Å²) in [4.78, 5) is 11.0. The second kappa shape index (κ2) is 4.14. The smallest absolute Gasteiger partial charge is 0.255 e. The third-order valence-electron chi connectivity index (χ3n) is 3.89. The van der Waals surface area contributed by atoms with E-state index in [1.807, 2.05) is 4.90 Å². The third-order valence-corrected chi connectivity index (χ3v) is 4.07. The summed E-state index contributed by atoms with van der Waals surface area (Å²) in [6.07, 6.45) is -0.667. The topological polar surface area (TPSA) is 52.5 Å². The van der Waals surface area contributed by atoms with Crippen molar-refractivity contribution in [3.05, 3.63) is 11.5 Å². The highest BCUT2D eigenvalue weighted by atomic mass is 35.5. The summed E-state index contributed by atoms with van der Waals surface area (Å²) in [6.45, 7) is -0.547. The molecule has 1 fully saturated rings. The lowest BCUT2D eigenvalue weighted by molar-refractivity contribution is 0.0894. The summed E-state index contributed by atoms with van der Waals surface area (Å²) in [5.41, 5.74) is -0.142. The van der Waals surface area contributed by atoms with E-state index in [9.17, 15) is 13.9 Å². The van der Waals surface area contributed by atoms with Gasteiger partial charge in [0, 0.05) is 7.05 Å². The zero-order valence-corrected chi connectivity index (χ0v) is 11.0. The van der Waals surface area contributed by atoms with Gasteiger partial charge in [0.15, 0.2) is 12.0 Å². The van der Waals surface area contributed by atoms with E-state index in [2.05, 4.69) is 9.97 Å². The third kappa shape index (κ3) is 1.83. The molecule has 0 aromatic carbocycles. The molecule has 104 valence electrons. The first kappa shape index (κ1) is 12.8. The van der Waals surface area contributed by atoms with Gasteiger partial charge in [0.05, 0.1) is 18.3 Å². The van der Waals surface area contributed by atoms with Crippen LogP contribution in [0.2, 0.25) is 5.28 Å². The molecule has 2 heterocycles. The maximum atomic E-state index is 12.7. The number of fused-ring (bicyclic) bond motifs is 1. The number of aromatic nitrogens is 2. The van der Waals surface area contributed by atoms with Crippen molar-refractivity contribution in [3.63, 3.8) is 0 Å². The van der Waals surface area contributed by atoms with E-state index in [0.29, 0.717) is 11.5 Å². The number of aliphatic hydroxyl groups is 1. The molecule has 1 spiro atoms. The molecule has 5 nitrogen and oxygen atoms in total. The SMILES string of the molecule is CN1c2nc(Cl)ncc2N(CC(F)F)C(O)C12CC2. The standard InChI is InChI=1S/C11H13ClF2N4O/c1-17-8-6(4-15-10(12)16-8)18(5-7(13)14)9(19)11(17)2-3-11/h4,7,9,19H,2-3,5H2,1H3. The number of nitrogens with zero attached hydrogens (tertiary/aromatic N) is 4. The Balaban J connectivity index is 2.08. The van der Waals surface area contributed by atoms with Gasteiger partial charge >= 0.3 is 0 Å². The Bertz CT molecular complexity index is 511. The van der Waals surface area contributed by atoms with Crippen LogP contribution in [0.25, 0.3) is 0 Å². The van der Waals surface area contributed by atoms with Gasteiger partial charge in [0.25, 0.3) is 6.43 Å². The van der Waals surface area contributed by atoms with E-state index in [1.165, 1.54) is 11.1 Å². The normalized spacial score (nSPS) is 24.0. The molecule has 1 atom stereocenters. The van der Waals surface area contributed by atoms with Gasteiger partial charge in [-0.1, -0.05) is 0 Å². The molecule has 1 aliphatic heterocycles. The molecule has 3 rings (SSSR count). The van der Waals surface area contributed by atoms with Crippen LogP contribution in [0.1, 0.15) is 12.8 Å². The summed E-state index contributed by atoms with van der Waals surface area (Å²) in [5.74, 6) is 0.489. The molecular formula is C11H13ClF2N4O. The second-order valence-electron chi connectivity index (χ2n) is 4.93. The van der Waals surface area contributed by atoms with Crippen LogP contribution in [0, 0.1) is 0 Å². The molecule has 1 aromatic rings. The van der Waals surface area contributed by atoms with Crippen LogP contribution in [0.3, 0.4) is 0 Å². The average molecular weight is 291 g/mol. The summed E-state index contributed by atoms with van der Waals surface area (Å²) >= 11 is 5.77. The number of likely N-dealkylation sites (N-methyl/N-ethyl adjacent to an activating group) is 1. The van der Waals surface area contributed by atoms with Crippen molar-refractivity contribution in [1.29, 1.82) is 0 Å². The predicted octanol–water partition coefficient (Wildman–Crippen LogP) is 1.50. The summed E-state index contributed by atoms with van der Waals surface area (Å²) in [5, 5.41) is 10.4. The van der Waals surface area contributed by atoms with E-state index < -0.39 is 24.7 Å². The molecule has 0 amide bonds.